The Bertz CT molecular complexity index is 520. The van der Waals surface area contributed by atoms with Crippen LogP contribution in [0.5, 0.6) is 0 Å². The molecular weight excluding hydrogens is 256 g/mol. The zero-order valence-electron chi connectivity index (χ0n) is 11.0. The molecule has 2 N–H and O–H groups in total. The average molecular weight is 274 g/mol. The van der Waals surface area contributed by atoms with Gasteiger partial charge in [0.2, 0.25) is 5.91 Å². The van der Waals surface area contributed by atoms with Crippen LogP contribution in [0.4, 0.5) is 5.69 Å². The maximum absolute atomic E-state index is 12.1. The third-order valence-corrected chi connectivity index (χ3v) is 3.97. The fraction of sp³-hybridized carbons (Fsp3) is 0.267. The predicted molar refractivity (Wildman–Crippen MR) is 80.2 cm³/mol. The van der Waals surface area contributed by atoms with Crippen molar-refractivity contribution in [1.29, 1.82) is 0 Å². The van der Waals surface area contributed by atoms with E-state index in [0.29, 0.717) is 6.42 Å². The highest BCUT2D eigenvalue weighted by molar-refractivity contribution is 7.09. The van der Waals surface area contributed by atoms with E-state index in [1.165, 1.54) is 4.88 Å². The molecule has 100 valence electrons. The predicted octanol–water partition coefficient (Wildman–Crippen LogP) is 2.57. The number of benzene rings is 1. The van der Waals surface area contributed by atoms with Gasteiger partial charge in [-0.1, -0.05) is 18.2 Å². The number of amides is 1. The highest BCUT2D eigenvalue weighted by atomic mass is 32.1. The minimum atomic E-state index is 0.140. The Morgan fingerprint density at radius 1 is 1.26 bits per heavy atom. The molecule has 1 heterocycles. The monoisotopic (exact) mass is 274 g/mol. The molecule has 2 aromatic rings. The van der Waals surface area contributed by atoms with Gasteiger partial charge in [0.1, 0.15) is 0 Å². The van der Waals surface area contributed by atoms with Crippen molar-refractivity contribution >= 4 is 22.9 Å². The second kappa shape index (κ2) is 6.38. The summed E-state index contributed by atoms with van der Waals surface area (Å²) in [5, 5.41) is 2.06. The third kappa shape index (κ3) is 4.10. The fourth-order valence-electron chi connectivity index (χ4n) is 1.80. The number of carbonyl (C=O) groups excluding carboxylic acids is 1. The molecule has 1 amide bonds. The van der Waals surface area contributed by atoms with Crippen LogP contribution in [0, 0.1) is 0 Å². The van der Waals surface area contributed by atoms with Crippen molar-refractivity contribution in [2.75, 3.05) is 19.3 Å². The van der Waals surface area contributed by atoms with E-state index in [4.69, 9.17) is 5.73 Å². The number of nitrogens with zero attached hydrogens (tertiary/aromatic N) is 1. The quantitative estimate of drug-likeness (QED) is 0.852. The Morgan fingerprint density at radius 3 is 2.63 bits per heavy atom. The van der Waals surface area contributed by atoms with Gasteiger partial charge in [0.25, 0.3) is 0 Å². The summed E-state index contributed by atoms with van der Waals surface area (Å²) in [6.07, 6.45) is 1.35. The van der Waals surface area contributed by atoms with E-state index in [-0.39, 0.29) is 5.91 Å². The zero-order chi connectivity index (χ0) is 13.7. The number of hydrogen-bond donors (Lipinski definition) is 1. The summed E-state index contributed by atoms with van der Waals surface area (Å²) in [6.45, 7) is 0.758. The van der Waals surface area contributed by atoms with Crippen molar-refractivity contribution in [3.63, 3.8) is 0 Å². The van der Waals surface area contributed by atoms with E-state index in [0.717, 1.165) is 24.2 Å². The molecule has 0 saturated heterocycles. The summed E-state index contributed by atoms with van der Waals surface area (Å²) in [5.41, 5.74) is 7.35. The average Bonchev–Trinajstić information content (AvgIpc) is 2.91. The topological polar surface area (TPSA) is 46.3 Å². The van der Waals surface area contributed by atoms with Crippen LogP contribution >= 0.6 is 11.3 Å². The number of thiophene rings is 1. The van der Waals surface area contributed by atoms with E-state index in [1.807, 2.05) is 37.4 Å². The highest BCUT2D eigenvalue weighted by Gasteiger charge is 2.09. The van der Waals surface area contributed by atoms with Crippen molar-refractivity contribution in [2.24, 2.45) is 0 Å². The third-order valence-electron chi connectivity index (χ3n) is 3.03. The lowest BCUT2D eigenvalue weighted by atomic mass is 10.1. The summed E-state index contributed by atoms with van der Waals surface area (Å²) in [7, 11) is 1.85. The molecule has 1 aromatic carbocycles. The molecule has 2 rings (SSSR count). The Balaban J connectivity index is 1.83. The van der Waals surface area contributed by atoms with E-state index in [9.17, 15) is 4.79 Å². The molecule has 1 aromatic heterocycles. The van der Waals surface area contributed by atoms with Crippen LogP contribution in [0.25, 0.3) is 0 Å². The van der Waals surface area contributed by atoms with Gasteiger partial charge in [-0.15, -0.1) is 11.3 Å². The first kappa shape index (κ1) is 13.6. The highest BCUT2D eigenvalue weighted by Crippen LogP contribution is 2.10. The molecule has 4 heteroatoms. The second-order valence-electron chi connectivity index (χ2n) is 4.56. The van der Waals surface area contributed by atoms with E-state index in [2.05, 4.69) is 11.4 Å². The van der Waals surface area contributed by atoms with Gasteiger partial charge in [0.05, 0.1) is 6.42 Å². The molecule has 3 nitrogen and oxygen atoms in total. The number of anilines is 1. The molecule has 0 fully saturated rings. The van der Waals surface area contributed by atoms with Gasteiger partial charge in [0.15, 0.2) is 0 Å². The smallest absolute Gasteiger partial charge is 0.226 e. The van der Waals surface area contributed by atoms with Gasteiger partial charge >= 0.3 is 0 Å². The number of rotatable bonds is 5. The van der Waals surface area contributed by atoms with Gasteiger partial charge in [-0.3, -0.25) is 4.79 Å². The lowest BCUT2D eigenvalue weighted by molar-refractivity contribution is -0.129. The number of likely N-dealkylation sites (N-methyl/N-ethyl adjacent to an activating group) is 1. The van der Waals surface area contributed by atoms with Crippen LogP contribution in [-0.4, -0.2) is 24.4 Å². The Hall–Kier alpha value is -1.81. The first-order valence-corrected chi connectivity index (χ1v) is 7.14. The number of nitrogens with two attached hydrogens (primary N) is 1. The van der Waals surface area contributed by atoms with Crippen LogP contribution in [0.3, 0.4) is 0 Å². The summed E-state index contributed by atoms with van der Waals surface area (Å²) in [6, 6.07) is 11.6. The summed E-state index contributed by atoms with van der Waals surface area (Å²) >= 11 is 1.73. The van der Waals surface area contributed by atoms with Gasteiger partial charge in [-0.25, -0.2) is 0 Å². The molecule has 0 atom stereocenters. The van der Waals surface area contributed by atoms with Crippen molar-refractivity contribution in [3.8, 4) is 0 Å². The van der Waals surface area contributed by atoms with Crippen molar-refractivity contribution in [2.45, 2.75) is 12.8 Å². The summed E-state index contributed by atoms with van der Waals surface area (Å²) in [4.78, 5) is 15.2. The maximum Gasteiger partial charge on any atom is 0.226 e. The van der Waals surface area contributed by atoms with Crippen molar-refractivity contribution in [3.05, 3.63) is 52.2 Å². The minimum Gasteiger partial charge on any atom is -0.399 e. The van der Waals surface area contributed by atoms with E-state index >= 15 is 0 Å². The lowest BCUT2D eigenvalue weighted by Gasteiger charge is -2.16. The molecule has 0 spiro atoms. The molecule has 0 bridgehead atoms. The standard InChI is InChI=1S/C15H18N2OS/c1-17(9-8-14-3-2-10-19-14)15(18)11-12-4-6-13(16)7-5-12/h2-7,10H,8-9,11,16H2,1H3. The summed E-state index contributed by atoms with van der Waals surface area (Å²) in [5.74, 6) is 0.140. The zero-order valence-corrected chi connectivity index (χ0v) is 11.8. The van der Waals surface area contributed by atoms with Crippen molar-refractivity contribution in [1.82, 2.24) is 4.90 Å². The van der Waals surface area contributed by atoms with Crippen LogP contribution in [-0.2, 0) is 17.6 Å². The molecule has 0 aliphatic rings. The minimum absolute atomic E-state index is 0.140. The molecule has 0 saturated carbocycles. The van der Waals surface area contributed by atoms with E-state index in [1.54, 1.807) is 16.2 Å². The molecule has 0 aliphatic carbocycles. The van der Waals surface area contributed by atoms with Crippen LogP contribution < -0.4 is 5.73 Å². The Morgan fingerprint density at radius 2 is 2.00 bits per heavy atom. The first-order valence-electron chi connectivity index (χ1n) is 6.26. The molecule has 0 aliphatic heterocycles. The number of hydrogen-bond acceptors (Lipinski definition) is 3. The van der Waals surface area contributed by atoms with Crippen molar-refractivity contribution < 1.29 is 4.79 Å². The van der Waals surface area contributed by atoms with E-state index < -0.39 is 0 Å². The summed E-state index contributed by atoms with van der Waals surface area (Å²) < 4.78 is 0. The van der Waals surface area contributed by atoms with Gasteiger partial charge in [-0.2, -0.15) is 0 Å². The van der Waals surface area contributed by atoms with Crippen LogP contribution in [0.2, 0.25) is 0 Å². The number of carbonyl (C=O) groups is 1. The maximum atomic E-state index is 12.1. The largest absolute Gasteiger partial charge is 0.399 e. The molecule has 0 unspecified atom stereocenters. The Kier molecular flexibility index (Phi) is 4.58. The SMILES string of the molecule is CN(CCc1cccs1)C(=O)Cc1ccc(N)cc1. The lowest BCUT2D eigenvalue weighted by Crippen LogP contribution is -2.30. The second-order valence-corrected chi connectivity index (χ2v) is 5.60. The normalized spacial score (nSPS) is 10.4. The van der Waals surface area contributed by atoms with Gasteiger partial charge in [-0.05, 0) is 35.6 Å². The number of nitrogen functional groups attached to an aromatic ring is 1. The van der Waals surface area contributed by atoms with Gasteiger partial charge < -0.3 is 10.6 Å². The van der Waals surface area contributed by atoms with Crippen LogP contribution in [0.1, 0.15) is 10.4 Å². The fourth-order valence-corrected chi connectivity index (χ4v) is 2.50. The van der Waals surface area contributed by atoms with Gasteiger partial charge in [0, 0.05) is 24.2 Å². The van der Waals surface area contributed by atoms with Crippen LogP contribution in [0.15, 0.2) is 41.8 Å². The molecule has 19 heavy (non-hydrogen) atoms. The molecule has 0 radical (unpaired) electrons. The Labute approximate surface area is 117 Å². The first-order chi connectivity index (χ1) is 9.15. The molecular formula is C15H18N2OS.